The number of hydrogen-bond donors (Lipinski definition) is 1. The van der Waals surface area contributed by atoms with Crippen molar-refractivity contribution in [2.75, 3.05) is 0 Å². The minimum Gasteiger partial charge on any atom is -0.478 e. The molecular formula is C29H21ClN2O4. The maximum Gasteiger partial charge on any atom is 0.335 e. The lowest BCUT2D eigenvalue weighted by atomic mass is 9.98. The zero-order valence-electron chi connectivity index (χ0n) is 19.0. The number of fused-ring (bicyclic) bond motifs is 1. The molecule has 0 radical (unpaired) electrons. The van der Waals surface area contributed by atoms with Gasteiger partial charge in [-0.1, -0.05) is 84.4 Å². The smallest absolute Gasteiger partial charge is 0.335 e. The van der Waals surface area contributed by atoms with E-state index >= 15 is 0 Å². The van der Waals surface area contributed by atoms with E-state index in [0.717, 1.165) is 11.1 Å². The average Bonchev–Trinajstić information content (AvgIpc) is 2.90. The number of carboxylic acid groups (broad SMARTS) is 1. The lowest BCUT2D eigenvalue weighted by Gasteiger charge is -2.24. The maximum atomic E-state index is 14.1. The lowest BCUT2D eigenvalue weighted by molar-refractivity contribution is 0.0697. The number of aromatic carboxylic acids is 1. The summed E-state index contributed by atoms with van der Waals surface area (Å²) in [5.41, 5.74) is 2.07. The molecule has 5 rings (SSSR count). The first-order valence-electron chi connectivity index (χ1n) is 11.3. The fourth-order valence-corrected chi connectivity index (χ4v) is 4.61. The van der Waals surface area contributed by atoms with E-state index in [9.17, 15) is 19.5 Å². The summed E-state index contributed by atoms with van der Waals surface area (Å²) in [7, 11) is 0. The van der Waals surface area contributed by atoms with Gasteiger partial charge in [0, 0.05) is 5.02 Å². The van der Waals surface area contributed by atoms with Crippen LogP contribution in [0.1, 0.15) is 33.1 Å². The highest BCUT2D eigenvalue weighted by Crippen LogP contribution is 2.28. The minimum absolute atomic E-state index is 0.0175. The second kappa shape index (κ2) is 9.68. The molecule has 36 heavy (non-hydrogen) atoms. The van der Waals surface area contributed by atoms with E-state index in [1.807, 2.05) is 60.7 Å². The summed E-state index contributed by atoms with van der Waals surface area (Å²) in [4.78, 5) is 38.8. The Morgan fingerprint density at radius 2 is 1.39 bits per heavy atom. The Kier molecular flexibility index (Phi) is 6.27. The number of aromatic nitrogens is 2. The van der Waals surface area contributed by atoms with Crippen LogP contribution in [0, 0.1) is 0 Å². The minimum atomic E-state index is -1.05. The van der Waals surface area contributed by atoms with E-state index in [2.05, 4.69) is 0 Å². The molecule has 0 spiro atoms. The van der Waals surface area contributed by atoms with Crippen LogP contribution >= 0.6 is 11.6 Å². The summed E-state index contributed by atoms with van der Waals surface area (Å²) in [6.07, 6.45) is 0. The van der Waals surface area contributed by atoms with Gasteiger partial charge in [-0.05, 0) is 47.0 Å². The molecule has 0 saturated carbocycles. The van der Waals surface area contributed by atoms with Crippen LogP contribution in [0.2, 0.25) is 5.02 Å². The molecule has 0 saturated heterocycles. The third kappa shape index (κ3) is 4.34. The number of halogens is 1. The Balaban J connectivity index is 1.79. The summed E-state index contributed by atoms with van der Waals surface area (Å²) >= 11 is 6.26. The highest BCUT2D eigenvalue weighted by molar-refractivity contribution is 6.31. The predicted octanol–water partition coefficient (Wildman–Crippen LogP) is 5.20. The van der Waals surface area contributed by atoms with Crippen LogP contribution in [-0.4, -0.2) is 20.2 Å². The Hall–Kier alpha value is -4.42. The van der Waals surface area contributed by atoms with Crippen LogP contribution < -0.4 is 11.2 Å². The van der Waals surface area contributed by atoms with E-state index < -0.39 is 23.3 Å². The molecule has 0 fully saturated rings. The van der Waals surface area contributed by atoms with Crippen LogP contribution in [-0.2, 0) is 6.54 Å². The number of carboxylic acids is 1. The van der Waals surface area contributed by atoms with Gasteiger partial charge in [0.05, 0.1) is 29.1 Å². The molecule has 0 amide bonds. The Bertz CT molecular complexity index is 1640. The number of carbonyl (C=O) groups is 1. The molecule has 0 aliphatic heterocycles. The first-order chi connectivity index (χ1) is 17.4. The fourth-order valence-electron chi connectivity index (χ4n) is 4.44. The second-order valence-corrected chi connectivity index (χ2v) is 8.87. The fraction of sp³-hybridized carbons (Fsp3) is 0.0690. The van der Waals surface area contributed by atoms with Crippen LogP contribution in [0.15, 0.2) is 113 Å². The van der Waals surface area contributed by atoms with E-state index in [-0.39, 0.29) is 12.1 Å². The van der Waals surface area contributed by atoms with Crippen molar-refractivity contribution in [2.45, 2.75) is 12.6 Å². The van der Waals surface area contributed by atoms with Crippen LogP contribution in [0.5, 0.6) is 0 Å². The van der Waals surface area contributed by atoms with Gasteiger partial charge in [0.1, 0.15) is 0 Å². The van der Waals surface area contributed by atoms with Crippen LogP contribution in [0.4, 0.5) is 0 Å². The van der Waals surface area contributed by atoms with Gasteiger partial charge < -0.3 is 5.11 Å². The first-order valence-corrected chi connectivity index (χ1v) is 11.7. The van der Waals surface area contributed by atoms with Gasteiger partial charge in [0.25, 0.3) is 5.56 Å². The van der Waals surface area contributed by atoms with Crippen LogP contribution in [0.3, 0.4) is 0 Å². The third-order valence-corrected chi connectivity index (χ3v) is 6.40. The Morgan fingerprint density at radius 1 is 0.806 bits per heavy atom. The van der Waals surface area contributed by atoms with Gasteiger partial charge in [0.15, 0.2) is 0 Å². The topological polar surface area (TPSA) is 81.3 Å². The molecule has 4 aromatic carbocycles. The van der Waals surface area contributed by atoms with Crippen molar-refractivity contribution in [1.82, 2.24) is 9.13 Å². The molecule has 5 aromatic rings. The van der Waals surface area contributed by atoms with Gasteiger partial charge >= 0.3 is 11.7 Å². The summed E-state index contributed by atoms with van der Waals surface area (Å²) in [5.74, 6) is -1.05. The van der Waals surface area contributed by atoms with Gasteiger partial charge in [-0.15, -0.1) is 0 Å². The second-order valence-electron chi connectivity index (χ2n) is 8.43. The molecular weight excluding hydrogens is 476 g/mol. The molecule has 1 N–H and O–H groups in total. The molecule has 0 aliphatic carbocycles. The Labute approximate surface area is 211 Å². The summed E-state index contributed by atoms with van der Waals surface area (Å²) in [6.45, 7) is -0.0175. The Morgan fingerprint density at radius 3 is 1.94 bits per heavy atom. The molecule has 7 heteroatoms. The highest BCUT2D eigenvalue weighted by Gasteiger charge is 2.23. The maximum absolute atomic E-state index is 14.1. The third-order valence-electron chi connectivity index (χ3n) is 6.16. The summed E-state index contributed by atoms with van der Waals surface area (Å²) in [6, 6.07) is 29.8. The molecule has 0 atom stereocenters. The first kappa shape index (κ1) is 23.3. The van der Waals surface area contributed by atoms with Gasteiger partial charge in [0.2, 0.25) is 0 Å². The quantitative estimate of drug-likeness (QED) is 0.350. The van der Waals surface area contributed by atoms with Crippen LogP contribution in [0.25, 0.3) is 10.9 Å². The number of nitrogens with zero attached hydrogens (tertiary/aromatic N) is 2. The summed E-state index contributed by atoms with van der Waals surface area (Å²) in [5, 5.41) is 9.90. The number of benzene rings is 4. The van der Waals surface area contributed by atoms with Crippen molar-refractivity contribution in [3.8, 4) is 0 Å². The van der Waals surface area contributed by atoms with Gasteiger partial charge in [-0.25, -0.2) is 9.59 Å². The predicted molar refractivity (Wildman–Crippen MR) is 140 cm³/mol. The zero-order chi connectivity index (χ0) is 25.2. The molecule has 1 heterocycles. The van der Waals surface area contributed by atoms with Crippen molar-refractivity contribution >= 4 is 28.5 Å². The van der Waals surface area contributed by atoms with E-state index in [4.69, 9.17) is 11.6 Å². The number of rotatable bonds is 6. The monoisotopic (exact) mass is 496 g/mol. The standard InChI is InChI=1S/C29H21ClN2O4/c30-23-15-16-25-24(17-23)27(33)31(18-19-11-13-22(14-12-19)28(34)35)29(36)32(25)26(20-7-3-1-4-8-20)21-9-5-2-6-10-21/h1-17,26H,18H2,(H,34,35). The molecule has 178 valence electrons. The normalized spacial score (nSPS) is 11.2. The summed E-state index contributed by atoms with van der Waals surface area (Å²) < 4.78 is 2.80. The van der Waals surface area contributed by atoms with Gasteiger partial charge in [-0.3, -0.25) is 13.9 Å². The van der Waals surface area contributed by atoms with E-state index in [1.165, 1.54) is 16.7 Å². The van der Waals surface area contributed by atoms with Crippen molar-refractivity contribution in [3.63, 3.8) is 0 Å². The largest absolute Gasteiger partial charge is 0.478 e. The van der Waals surface area contributed by atoms with Crippen molar-refractivity contribution in [3.05, 3.63) is 151 Å². The molecule has 0 unspecified atom stereocenters. The van der Waals surface area contributed by atoms with Crippen molar-refractivity contribution in [2.24, 2.45) is 0 Å². The highest BCUT2D eigenvalue weighted by atomic mass is 35.5. The van der Waals surface area contributed by atoms with Crippen molar-refractivity contribution < 1.29 is 9.90 Å². The van der Waals surface area contributed by atoms with E-state index in [0.29, 0.717) is 21.5 Å². The zero-order valence-corrected chi connectivity index (χ0v) is 19.8. The average molecular weight is 497 g/mol. The number of hydrogen-bond acceptors (Lipinski definition) is 3. The molecule has 0 bridgehead atoms. The molecule has 0 aliphatic rings. The lowest BCUT2D eigenvalue weighted by Crippen LogP contribution is -2.42. The van der Waals surface area contributed by atoms with Gasteiger partial charge in [-0.2, -0.15) is 0 Å². The molecule has 1 aromatic heterocycles. The van der Waals surface area contributed by atoms with Crippen molar-refractivity contribution in [1.29, 1.82) is 0 Å². The van der Waals surface area contributed by atoms with E-state index in [1.54, 1.807) is 34.9 Å². The molecule has 6 nitrogen and oxygen atoms in total. The SMILES string of the molecule is O=C(O)c1ccc(Cn2c(=O)c3cc(Cl)ccc3n(C(c3ccccc3)c3ccccc3)c2=O)cc1.